The van der Waals surface area contributed by atoms with E-state index >= 15 is 0 Å². The van der Waals surface area contributed by atoms with Crippen LogP contribution in [0.3, 0.4) is 0 Å². The summed E-state index contributed by atoms with van der Waals surface area (Å²) in [6.07, 6.45) is 8.78. The van der Waals surface area contributed by atoms with Crippen LogP contribution >= 0.6 is 11.8 Å². The fraction of sp³-hybridized carbons (Fsp3) is 1.00. The van der Waals surface area contributed by atoms with Gasteiger partial charge in [0, 0.05) is 30.5 Å². The molecule has 1 atom stereocenters. The van der Waals surface area contributed by atoms with E-state index in [4.69, 9.17) is 4.74 Å². The molecule has 1 saturated carbocycles. The van der Waals surface area contributed by atoms with Gasteiger partial charge in [0.25, 0.3) is 0 Å². The smallest absolute Gasteiger partial charge is 0.0479 e. The summed E-state index contributed by atoms with van der Waals surface area (Å²) in [6, 6.07) is 0.717. The minimum atomic E-state index is 0.428. The minimum Gasteiger partial charge on any atom is -0.381 e. The van der Waals surface area contributed by atoms with Gasteiger partial charge in [0.2, 0.25) is 0 Å². The van der Waals surface area contributed by atoms with E-state index in [1.165, 1.54) is 32.1 Å². The molecule has 1 unspecified atom stereocenters. The SMILES string of the molecule is CSC1(CNC2CCCC2(C)C)CCOCC1. The Labute approximate surface area is 110 Å². The van der Waals surface area contributed by atoms with Crippen molar-refractivity contribution in [1.82, 2.24) is 5.32 Å². The maximum Gasteiger partial charge on any atom is 0.0479 e. The third-order valence-corrected chi connectivity index (χ3v) is 6.18. The van der Waals surface area contributed by atoms with E-state index in [0.717, 1.165) is 25.8 Å². The molecule has 0 aromatic rings. The first-order chi connectivity index (χ1) is 8.08. The number of hydrogen-bond acceptors (Lipinski definition) is 3. The number of rotatable bonds is 4. The molecule has 2 aliphatic rings. The second-order valence-electron chi connectivity index (χ2n) is 6.31. The fourth-order valence-corrected chi connectivity index (χ4v) is 4.01. The van der Waals surface area contributed by atoms with E-state index in [0.29, 0.717) is 10.2 Å². The van der Waals surface area contributed by atoms with Gasteiger partial charge in [0.15, 0.2) is 0 Å². The van der Waals surface area contributed by atoms with Crippen molar-refractivity contribution < 1.29 is 4.74 Å². The Morgan fingerprint density at radius 3 is 2.47 bits per heavy atom. The molecule has 17 heavy (non-hydrogen) atoms. The molecule has 3 heteroatoms. The van der Waals surface area contributed by atoms with Crippen molar-refractivity contribution in [2.24, 2.45) is 5.41 Å². The summed E-state index contributed by atoms with van der Waals surface area (Å²) in [4.78, 5) is 0. The summed E-state index contributed by atoms with van der Waals surface area (Å²) in [6.45, 7) is 7.86. The van der Waals surface area contributed by atoms with Crippen molar-refractivity contribution in [2.75, 3.05) is 26.0 Å². The van der Waals surface area contributed by atoms with Crippen LogP contribution in [0.2, 0.25) is 0 Å². The van der Waals surface area contributed by atoms with Crippen molar-refractivity contribution in [2.45, 2.75) is 56.7 Å². The second-order valence-corrected chi connectivity index (χ2v) is 7.59. The van der Waals surface area contributed by atoms with Crippen molar-refractivity contribution in [3.05, 3.63) is 0 Å². The lowest BCUT2D eigenvalue weighted by molar-refractivity contribution is 0.0753. The predicted octanol–water partition coefficient (Wildman–Crippen LogP) is 3.07. The molecule has 1 aliphatic carbocycles. The van der Waals surface area contributed by atoms with Gasteiger partial charge >= 0.3 is 0 Å². The summed E-state index contributed by atoms with van der Waals surface area (Å²) >= 11 is 2.03. The van der Waals surface area contributed by atoms with Crippen LogP contribution in [0.25, 0.3) is 0 Å². The number of thioether (sulfide) groups is 1. The molecule has 0 aromatic carbocycles. The Morgan fingerprint density at radius 2 is 1.94 bits per heavy atom. The van der Waals surface area contributed by atoms with E-state index in [2.05, 4.69) is 25.4 Å². The molecule has 2 nitrogen and oxygen atoms in total. The van der Waals surface area contributed by atoms with Crippen LogP contribution < -0.4 is 5.32 Å². The lowest BCUT2D eigenvalue weighted by Gasteiger charge is -2.38. The third-order valence-electron chi connectivity index (χ3n) is 4.76. The lowest BCUT2D eigenvalue weighted by atomic mass is 9.87. The van der Waals surface area contributed by atoms with Gasteiger partial charge in [-0.15, -0.1) is 0 Å². The van der Waals surface area contributed by atoms with Gasteiger partial charge in [0.1, 0.15) is 0 Å². The maximum atomic E-state index is 5.50. The van der Waals surface area contributed by atoms with E-state index in [-0.39, 0.29) is 0 Å². The highest BCUT2D eigenvalue weighted by Gasteiger charge is 2.37. The van der Waals surface area contributed by atoms with Crippen molar-refractivity contribution in [3.8, 4) is 0 Å². The Morgan fingerprint density at radius 1 is 1.24 bits per heavy atom. The van der Waals surface area contributed by atoms with E-state index in [1.54, 1.807) is 0 Å². The molecule has 0 amide bonds. The van der Waals surface area contributed by atoms with Crippen LogP contribution in [0.1, 0.15) is 46.0 Å². The predicted molar refractivity (Wildman–Crippen MR) is 75.7 cm³/mol. The molecule has 1 aliphatic heterocycles. The van der Waals surface area contributed by atoms with E-state index in [1.807, 2.05) is 11.8 Å². The highest BCUT2D eigenvalue weighted by Crippen LogP contribution is 2.39. The topological polar surface area (TPSA) is 21.3 Å². The molecular formula is C14H27NOS. The van der Waals surface area contributed by atoms with Gasteiger partial charge in [-0.1, -0.05) is 20.3 Å². The van der Waals surface area contributed by atoms with Crippen LogP contribution in [0, 0.1) is 5.41 Å². The van der Waals surface area contributed by atoms with Crippen molar-refractivity contribution >= 4 is 11.8 Å². The summed E-state index contributed by atoms with van der Waals surface area (Å²) in [5.41, 5.74) is 0.491. The van der Waals surface area contributed by atoms with Gasteiger partial charge in [-0.3, -0.25) is 0 Å². The second kappa shape index (κ2) is 5.50. The van der Waals surface area contributed by atoms with Crippen LogP contribution in [-0.4, -0.2) is 36.8 Å². The summed E-state index contributed by atoms with van der Waals surface area (Å²) in [5.74, 6) is 0. The third kappa shape index (κ3) is 3.18. The quantitative estimate of drug-likeness (QED) is 0.836. The van der Waals surface area contributed by atoms with Gasteiger partial charge < -0.3 is 10.1 Å². The summed E-state index contributed by atoms with van der Waals surface area (Å²) in [5, 5.41) is 3.86. The molecule has 0 bridgehead atoms. The van der Waals surface area contributed by atoms with Crippen LogP contribution in [0.5, 0.6) is 0 Å². The van der Waals surface area contributed by atoms with E-state index < -0.39 is 0 Å². The van der Waals surface area contributed by atoms with Gasteiger partial charge in [-0.2, -0.15) is 11.8 Å². The molecule has 1 heterocycles. The van der Waals surface area contributed by atoms with Crippen LogP contribution in [0.15, 0.2) is 0 Å². The molecule has 0 radical (unpaired) electrons. The van der Waals surface area contributed by atoms with Crippen molar-refractivity contribution in [1.29, 1.82) is 0 Å². The zero-order valence-corrected chi connectivity index (χ0v) is 12.4. The highest BCUT2D eigenvalue weighted by molar-refractivity contribution is 8.00. The molecule has 1 saturated heterocycles. The Hall–Kier alpha value is 0.270. The zero-order chi connectivity index (χ0) is 12.4. The summed E-state index contributed by atoms with van der Waals surface area (Å²) < 4.78 is 5.93. The minimum absolute atomic E-state index is 0.428. The largest absolute Gasteiger partial charge is 0.381 e. The molecule has 100 valence electrons. The average molecular weight is 257 g/mol. The molecule has 2 fully saturated rings. The molecule has 1 N–H and O–H groups in total. The van der Waals surface area contributed by atoms with E-state index in [9.17, 15) is 0 Å². The fourth-order valence-electron chi connectivity index (χ4n) is 3.21. The molecule has 0 spiro atoms. The monoisotopic (exact) mass is 257 g/mol. The molecular weight excluding hydrogens is 230 g/mol. The zero-order valence-electron chi connectivity index (χ0n) is 11.6. The first-order valence-electron chi connectivity index (χ1n) is 6.94. The standard InChI is InChI=1S/C14H27NOS/c1-13(2)6-4-5-12(13)15-11-14(17-3)7-9-16-10-8-14/h12,15H,4-11H2,1-3H3. The van der Waals surface area contributed by atoms with Gasteiger partial charge in [0.05, 0.1) is 0 Å². The van der Waals surface area contributed by atoms with Gasteiger partial charge in [-0.05, 0) is 37.4 Å². The molecule has 2 rings (SSSR count). The highest BCUT2D eigenvalue weighted by atomic mass is 32.2. The molecule has 0 aromatic heterocycles. The van der Waals surface area contributed by atoms with Gasteiger partial charge in [-0.25, -0.2) is 0 Å². The normalized spacial score (nSPS) is 31.6. The Bertz CT molecular complexity index is 249. The van der Waals surface area contributed by atoms with Crippen molar-refractivity contribution in [3.63, 3.8) is 0 Å². The first-order valence-corrected chi connectivity index (χ1v) is 8.17. The number of nitrogens with one attached hydrogen (secondary N) is 1. The lowest BCUT2D eigenvalue weighted by Crippen LogP contribution is -2.48. The number of ether oxygens (including phenoxy) is 1. The van der Waals surface area contributed by atoms with Crippen LogP contribution in [0.4, 0.5) is 0 Å². The average Bonchev–Trinajstić information content (AvgIpc) is 2.67. The Balaban J connectivity index is 1.87. The van der Waals surface area contributed by atoms with Crippen LogP contribution in [-0.2, 0) is 4.74 Å². The Kier molecular flexibility index (Phi) is 4.43. The first kappa shape index (κ1) is 13.7. The maximum absolute atomic E-state index is 5.50. The summed E-state index contributed by atoms with van der Waals surface area (Å²) in [7, 11) is 0. The number of hydrogen-bond donors (Lipinski definition) is 1.